The fourth-order valence-electron chi connectivity index (χ4n) is 1.61. The first-order valence-corrected chi connectivity index (χ1v) is 6.51. The molecule has 1 aromatic carbocycles. The summed E-state index contributed by atoms with van der Waals surface area (Å²) < 4.78 is 1.44. The normalized spacial score (nSPS) is 10.3. The summed E-state index contributed by atoms with van der Waals surface area (Å²) in [7, 11) is 0. The van der Waals surface area contributed by atoms with Crippen molar-refractivity contribution in [3.05, 3.63) is 33.9 Å². The average molecular weight is 280 g/mol. The van der Waals surface area contributed by atoms with Gasteiger partial charge < -0.3 is 10.5 Å². The van der Waals surface area contributed by atoms with Gasteiger partial charge in [-0.05, 0) is 36.8 Å². The van der Waals surface area contributed by atoms with Gasteiger partial charge in [-0.1, -0.05) is 12.1 Å². The molecule has 0 radical (unpaired) electrons. The molecule has 0 aliphatic heterocycles. The molecule has 0 saturated heterocycles. The van der Waals surface area contributed by atoms with Gasteiger partial charge in [-0.2, -0.15) is 4.73 Å². The van der Waals surface area contributed by atoms with Gasteiger partial charge in [0, 0.05) is 12.6 Å². The highest BCUT2D eigenvalue weighted by Gasteiger charge is 2.10. The molecular weight excluding hydrogens is 268 g/mol. The first-order valence-electron chi connectivity index (χ1n) is 5.29. The predicted molar refractivity (Wildman–Crippen MR) is 74.8 cm³/mol. The zero-order valence-electron chi connectivity index (χ0n) is 9.93. The van der Waals surface area contributed by atoms with Gasteiger partial charge in [-0.15, -0.1) is 11.3 Å². The summed E-state index contributed by atoms with van der Waals surface area (Å²) in [5.41, 5.74) is 2.43. The Hall–Kier alpha value is -1.66. The number of hydrogen-bond donors (Lipinski definition) is 2. The summed E-state index contributed by atoms with van der Waals surface area (Å²) in [6.07, 6.45) is 0. The molecule has 0 spiro atoms. The molecule has 94 valence electrons. The first-order chi connectivity index (χ1) is 8.49. The van der Waals surface area contributed by atoms with Crippen molar-refractivity contribution in [2.45, 2.75) is 13.8 Å². The number of nitrogens with one attached hydrogen (secondary N) is 1. The van der Waals surface area contributed by atoms with E-state index in [1.165, 1.54) is 18.3 Å². The summed E-state index contributed by atoms with van der Waals surface area (Å²) in [5.74, 6) is -0.101. The number of carbonyl (C=O) groups excluding carboxylic acids is 1. The van der Waals surface area contributed by atoms with E-state index in [1.54, 1.807) is 0 Å². The molecule has 0 atom stereocenters. The lowest BCUT2D eigenvalue weighted by Crippen LogP contribution is -2.05. The Kier molecular flexibility index (Phi) is 3.49. The summed E-state index contributed by atoms with van der Waals surface area (Å²) in [4.78, 5) is 11.8. The van der Waals surface area contributed by atoms with Crippen LogP contribution in [0.25, 0.3) is 10.4 Å². The third kappa shape index (κ3) is 2.44. The number of rotatable bonds is 2. The van der Waals surface area contributed by atoms with E-state index < -0.39 is 0 Å². The summed E-state index contributed by atoms with van der Waals surface area (Å²) in [5, 5.41) is 12.3. The number of nitrogens with zero attached hydrogens (tertiary/aromatic N) is 1. The van der Waals surface area contributed by atoms with E-state index in [1.807, 2.05) is 31.2 Å². The smallest absolute Gasteiger partial charge is 0.221 e. The third-order valence-corrected chi connectivity index (χ3v) is 3.98. The topological polar surface area (TPSA) is 54.3 Å². The van der Waals surface area contributed by atoms with Gasteiger partial charge in [0.05, 0.1) is 10.6 Å². The fourth-order valence-corrected chi connectivity index (χ4v) is 2.89. The Bertz CT molecular complexity index is 641. The van der Waals surface area contributed by atoms with E-state index in [9.17, 15) is 10.0 Å². The lowest BCUT2D eigenvalue weighted by Gasteiger charge is -2.04. The monoisotopic (exact) mass is 280 g/mol. The van der Waals surface area contributed by atoms with E-state index in [2.05, 4.69) is 5.32 Å². The average Bonchev–Trinajstić information content (AvgIpc) is 2.57. The highest BCUT2D eigenvalue weighted by Crippen LogP contribution is 2.30. The second-order valence-electron chi connectivity index (χ2n) is 3.85. The third-order valence-electron chi connectivity index (χ3n) is 2.48. The van der Waals surface area contributed by atoms with Gasteiger partial charge in [-0.25, -0.2) is 0 Å². The van der Waals surface area contributed by atoms with E-state index >= 15 is 0 Å². The zero-order chi connectivity index (χ0) is 13.3. The molecule has 0 fully saturated rings. The van der Waals surface area contributed by atoms with Gasteiger partial charge in [0.1, 0.15) is 0 Å². The lowest BCUT2D eigenvalue weighted by molar-refractivity contribution is -0.114. The van der Waals surface area contributed by atoms with Crippen molar-refractivity contribution in [2.24, 2.45) is 0 Å². The van der Waals surface area contributed by atoms with Crippen LogP contribution in [0, 0.1) is 10.9 Å². The summed E-state index contributed by atoms with van der Waals surface area (Å²) >= 11 is 6.37. The quantitative estimate of drug-likeness (QED) is 0.654. The van der Waals surface area contributed by atoms with Crippen molar-refractivity contribution < 1.29 is 10.0 Å². The minimum Gasteiger partial charge on any atom is -0.427 e. The minimum atomic E-state index is -0.101. The second-order valence-corrected chi connectivity index (χ2v) is 5.50. The van der Waals surface area contributed by atoms with Crippen LogP contribution in [-0.2, 0) is 4.79 Å². The van der Waals surface area contributed by atoms with Crippen molar-refractivity contribution >= 4 is 35.1 Å². The molecule has 0 aliphatic carbocycles. The molecular formula is C12H12N2O2S2. The number of benzene rings is 1. The molecule has 0 bridgehead atoms. The van der Waals surface area contributed by atoms with Crippen LogP contribution in [0.5, 0.6) is 0 Å². The lowest BCUT2D eigenvalue weighted by atomic mass is 10.1. The Morgan fingerprint density at radius 3 is 2.44 bits per heavy atom. The van der Waals surface area contributed by atoms with Gasteiger partial charge in [0.2, 0.25) is 5.91 Å². The largest absolute Gasteiger partial charge is 0.427 e. The van der Waals surface area contributed by atoms with E-state index in [0.29, 0.717) is 3.95 Å². The molecule has 0 aliphatic rings. The Labute approximate surface area is 113 Å². The van der Waals surface area contributed by atoms with Crippen molar-refractivity contribution in [1.82, 2.24) is 4.73 Å². The number of amides is 1. The Morgan fingerprint density at radius 2 is 2.00 bits per heavy atom. The number of thiazole rings is 1. The van der Waals surface area contributed by atoms with Crippen LogP contribution in [0.3, 0.4) is 0 Å². The minimum absolute atomic E-state index is 0.101. The first kappa shape index (κ1) is 12.8. The molecule has 18 heavy (non-hydrogen) atoms. The number of hydrogen-bond acceptors (Lipinski definition) is 4. The molecule has 1 aromatic heterocycles. The maximum atomic E-state index is 10.9. The maximum absolute atomic E-state index is 10.9. The molecule has 1 amide bonds. The second kappa shape index (κ2) is 4.91. The van der Waals surface area contributed by atoms with Gasteiger partial charge >= 0.3 is 0 Å². The van der Waals surface area contributed by atoms with Crippen LogP contribution < -0.4 is 5.32 Å². The van der Waals surface area contributed by atoms with Crippen LogP contribution in [0.1, 0.15) is 12.6 Å². The molecule has 0 saturated carbocycles. The zero-order valence-corrected chi connectivity index (χ0v) is 11.6. The van der Waals surface area contributed by atoms with E-state index in [4.69, 9.17) is 12.2 Å². The molecule has 1 heterocycles. The molecule has 4 nitrogen and oxygen atoms in total. The standard InChI is InChI=1S/C12H12N2O2S2/c1-7-11(18-12(17)14(7)16)9-3-5-10(6-4-9)13-8(2)15/h3-6,16H,1-2H3,(H,13,15). The highest BCUT2D eigenvalue weighted by molar-refractivity contribution is 7.73. The molecule has 0 unspecified atom stereocenters. The number of aromatic nitrogens is 1. The maximum Gasteiger partial charge on any atom is 0.221 e. The summed E-state index contributed by atoms with van der Waals surface area (Å²) in [6.45, 7) is 3.28. The summed E-state index contributed by atoms with van der Waals surface area (Å²) in [6, 6.07) is 7.42. The van der Waals surface area contributed by atoms with Crippen molar-refractivity contribution in [2.75, 3.05) is 5.32 Å². The molecule has 2 aromatic rings. The predicted octanol–water partition coefficient (Wildman–Crippen LogP) is 3.45. The van der Waals surface area contributed by atoms with Gasteiger partial charge in [-0.3, -0.25) is 4.79 Å². The van der Waals surface area contributed by atoms with Crippen LogP contribution in [0.2, 0.25) is 0 Å². The van der Waals surface area contributed by atoms with Crippen molar-refractivity contribution in [3.8, 4) is 10.4 Å². The van der Waals surface area contributed by atoms with Gasteiger partial charge in [0.25, 0.3) is 0 Å². The number of anilines is 1. The van der Waals surface area contributed by atoms with Crippen LogP contribution in [-0.4, -0.2) is 15.8 Å². The molecule has 2 N–H and O–H groups in total. The van der Waals surface area contributed by atoms with Crippen LogP contribution >= 0.6 is 23.6 Å². The van der Waals surface area contributed by atoms with Crippen molar-refractivity contribution in [1.29, 1.82) is 0 Å². The van der Waals surface area contributed by atoms with Crippen LogP contribution in [0.4, 0.5) is 5.69 Å². The van der Waals surface area contributed by atoms with Crippen molar-refractivity contribution in [3.63, 3.8) is 0 Å². The molecule has 2 rings (SSSR count). The van der Waals surface area contributed by atoms with E-state index in [-0.39, 0.29) is 5.91 Å². The Balaban J connectivity index is 2.37. The SMILES string of the molecule is CC(=O)Nc1ccc(-c2sc(=S)n(O)c2C)cc1. The number of carbonyl (C=O) groups is 1. The van der Waals surface area contributed by atoms with Crippen LogP contribution in [0.15, 0.2) is 24.3 Å². The Morgan fingerprint density at radius 1 is 1.39 bits per heavy atom. The molecule has 6 heteroatoms. The van der Waals surface area contributed by atoms with E-state index in [0.717, 1.165) is 26.6 Å². The highest BCUT2D eigenvalue weighted by atomic mass is 32.1. The van der Waals surface area contributed by atoms with Gasteiger partial charge in [0.15, 0.2) is 3.95 Å². The fraction of sp³-hybridized carbons (Fsp3) is 0.167.